The first kappa shape index (κ1) is 20.9. The number of rotatable bonds is 6. The van der Waals surface area contributed by atoms with Gasteiger partial charge in [0, 0.05) is 38.3 Å². The molecule has 0 saturated heterocycles. The number of benzene rings is 2. The van der Waals surface area contributed by atoms with E-state index in [1.807, 2.05) is 91.9 Å². The topological polar surface area (TPSA) is 41.4 Å². The first-order valence-electron chi connectivity index (χ1n) is 9.65. The van der Waals surface area contributed by atoms with Crippen molar-refractivity contribution in [3.8, 4) is 11.3 Å². The van der Waals surface area contributed by atoms with Gasteiger partial charge in [0.25, 0.3) is 5.91 Å². The molecule has 0 bridgehead atoms. The highest BCUT2D eigenvalue weighted by Gasteiger charge is 2.26. The number of hydrogen-bond acceptors (Lipinski definition) is 3. The van der Waals surface area contributed by atoms with Crippen LogP contribution in [0.1, 0.15) is 29.8 Å². The molecule has 1 amide bonds. The zero-order valence-corrected chi connectivity index (χ0v) is 18.3. The Morgan fingerprint density at radius 2 is 1.69 bits per heavy atom. The Kier molecular flexibility index (Phi) is 6.28. The molecule has 0 N–H and O–H groups in total. The average molecular weight is 411 g/mol. The number of hydrogen-bond donors (Lipinski definition) is 0. The summed E-state index contributed by atoms with van der Waals surface area (Å²) in [4.78, 5) is 17.2. The van der Waals surface area contributed by atoms with Crippen LogP contribution in [0.5, 0.6) is 0 Å². The number of amides is 1. The highest BCUT2D eigenvalue weighted by molar-refractivity contribution is 6.33. The van der Waals surface area contributed by atoms with Crippen molar-refractivity contribution in [2.75, 3.05) is 19.0 Å². The van der Waals surface area contributed by atoms with Gasteiger partial charge in [-0.3, -0.25) is 9.48 Å². The fraction of sp³-hybridized carbons (Fsp3) is 0.304. The second-order valence-corrected chi connectivity index (χ2v) is 7.95. The molecule has 0 fully saturated rings. The standard InChI is InChI=1S/C23H27ClN4O/c1-16(2)28(23(29)18-13-9-10-14-20(18)24)15-19-21(17-11-7-6-8-12-17)25-27(5)22(19)26(3)4/h6-14,16H,15H2,1-5H3. The van der Waals surface area contributed by atoms with Crippen molar-refractivity contribution in [3.05, 3.63) is 70.7 Å². The van der Waals surface area contributed by atoms with Crippen molar-refractivity contribution in [3.63, 3.8) is 0 Å². The first-order valence-corrected chi connectivity index (χ1v) is 10.0. The SMILES string of the molecule is CC(C)N(Cc1c(-c2ccccc2)nn(C)c1N(C)C)C(=O)c1ccccc1Cl. The number of halogens is 1. The highest BCUT2D eigenvalue weighted by Crippen LogP contribution is 2.32. The number of carbonyl (C=O) groups excluding carboxylic acids is 1. The third-order valence-corrected chi connectivity index (χ3v) is 5.23. The van der Waals surface area contributed by atoms with E-state index in [2.05, 4.69) is 0 Å². The molecule has 6 heteroatoms. The molecule has 0 atom stereocenters. The largest absolute Gasteiger partial charge is 0.363 e. The third kappa shape index (κ3) is 4.30. The zero-order valence-electron chi connectivity index (χ0n) is 17.6. The van der Waals surface area contributed by atoms with Crippen molar-refractivity contribution in [2.45, 2.75) is 26.4 Å². The second-order valence-electron chi connectivity index (χ2n) is 7.54. The number of nitrogens with zero attached hydrogens (tertiary/aromatic N) is 4. The molecular weight excluding hydrogens is 384 g/mol. The quantitative estimate of drug-likeness (QED) is 0.582. The van der Waals surface area contributed by atoms with Crippen molar-refractivity contribution in [2.24, 2.45) is 7.05 Å². The minimum Gasteiger partial charge on any atom is -0.363 e. The summed E-state index contributed by atoms with van der Waals surface area (Å²) in [6.07, 6.45) is 0. The van der Waals surface area contributed by atoms with Crippen LogP contribution in [0.25, 0.3) is 11.3 Å². The molecule has 0 saturated carbocycles. The Bertz CT molecular complexity index is 995. The van der Waals surface area contributed by atoms with E-state index in [4.69, 9.17) is 16.7 Å². The van der Waals surface area contributed by atoms with E-state index in [0.29, 0.717) is 17.1 Å². The predicted molar refractivity (Wildman–Crippen MR) is 119 cm³/mol. The summed E-state index contributed by atoms with van der Waals surface area (Å²) in [5, 5.41) is 5.24. The van der Waals surface area contributed by atoms with Crippen LogP contribution in [-0.4, -0.2) is 40.7 Å². The molecule has 29 heavy (non-hydrogen) atoms. The molecular formula is C23H27ClN4O. The third-order valence-electron chi connectivity index (χ3n) is 4.90. The fourth-order valence-corrected chi connectivity index (χ4v) is 3.76. The van der Waals surface area contributed by atoms with Gasteiger partial charge in [-0.05, 0) is 26.0 Å². The lowest BCUT2D eigenvalue weighted by atomic mass is 10.1. The molecule has 0 aliphatic rings. The molecule has 152 valence electrons. The van der Waals surface area contributed by atoms with Gasteiger partial charge >= 0.3 is 0 Å². The van der Waals surface area contributed by atoms with Gasteiger partial charge in [-0.25, -0.2) is 0 Å². The van der Waals surface area contributed by atoms with Crippen LogP contribution in [0.3, 0.4) is 0 Å². The maximum Gasteiger partial charge on any atom is 0.255 e. The van der Waals surface area contributed by atoms with Crippen LogP contribution < -0.4 is 4.90 Å². The molecule has 2 aromatic carbocycles. The predicted octanol–water partition coefficient (Wildman–Crippen LogP) is 4.86. The van der Waals surface area contributed by atoms with Crippen LogP contribution in [0.2, 0.25) is 5.02 Å². The molecule has 1 aromatic heterocycles. The summed E-state index contributed by atoms with van der Waals surface area (Å²) in [6.45, 7) is 4.47. The second kappa shape index (κ2) is 8.70. The molecule has 0 aliphatic carbocycles. The maximum atomic E-state index is 13.3. The van der Waals surface area contributed by atoms with Gasteiger partial charge in [0.2, 0.25) is 0 Å². The van der Waals surface area contributed by atoms with Crippen molar-refractivity contribution in [1.29, 1.82) is 0 Å². The van der Waals surface area contributed by atoms with Crippen molar-refractivity contribution < 1.29 is 4.79 Å². The number of anilines is 1. The monoisotopic (exact) mass is 410 g/mol. The van der Waals surface area contributed by atoms with Gasteiger partial charge < -0.3 is 9.80 Å². The summed E-state index contributed by atoms with van der Waals surface area (Å²) < 4.78 is 1.87. The van der Waals surface area contributed by atoms with E-state index in [-0.39, 0.29) is 11.9 Å². The van der Waals surface area contributed by atoms with E-state index in [1.54, 1.807) is 12.1 Å². The number of aromatic nitrogens is 2. The van der Waals surface area contributed by atoms with Gasteiger partial charge in [-0.1, -0.05) is 54.1 Å². The molecule has 0 spiro atoms. The van der Waals surface area contributed by atoms with E-state index in [0.717, 1.165) is 22.6 Å². The van der Waals surface area contributed by atoms with Crippen LogP contribution in [0.4, 0.5) is 5.82 Å². The van der Waals surface area contributed by atoms with Crippen molar-refractivity contribution >= 4 is 23.3 Å². The molecule has 3 aromatic rings. The lowest BCUT2D eigenvalue weighted by molar-refractivity contribution is 0.0691. The Balaban J connectivity index is 2.09. The Morgan fingerprint density at radius 3 is 2.28 bits per heavy atom. The van der Waals surface area contributed by atoms with Crippen LogP contribution in [0, 0.1) is 0 Å². The molecule has 0 radical (unpaired) electrons. The lowest BCUT2D eigenvalue weighted by Gasteiger charge is -2.28. The summed E-state index contributed by atoms with van der Waals surface area (Å²) in [6, 6.07) is 17.3. The Labute approximate surface area is 177 Å². The minimum atomic E-state index is -0.0850. The van der Waals surface area contributed by atoms with Gasteiger partial charge in [-0.15, -0.1) is 0 Å². The zero-order chi connectivity index (χ0) is 21.1. The van der Waals surface area contributed by atoms with Crippen LogP contribution >= 0.6 is 11.6 Å². The van der Waals surface area contributed by atoms with Crippen molar-refractivity contribution in [1.82, 2.24) is 14.7 Å². The number of aryl methyl sites for hydroxylation is 1. The van der Waals surface area contributed by atoms with E-state index in [1.165, 1.54) is 0 Å². The molecule has 3 rings (SSSR count). The molecule has 0 aliphatic heterocycles. The first-order chi connectivity index (χ1) is 13.8. The summed E-state index contributed by atoms with van der Waals surface area (Å²) in [5.41, 5.74) is 3.44. The summed E-state index contributed by atoms with van der Waals surface area (Å²) in [7, 11) is 5.91. The molecule has 0 unspecified atom stereocenters. The molecule has 1 heterocycles. The highest BCUT2D eigenvalue weighted by atomic mass is 35.5. The maximum absolute atomic E-state index is 13.3. The summed E-state index contributed by atoms with van der Waals surface area (Å²) >= 11 is 6.31. The van der Waals surface area contributed by atoms with Gasteiger partial charge in [0.05, 0.1) is 22.8 Å². The smallest absolute Gasteiger partial charge is 0.255 e. The van der Waals surface area contributed by atoms with E-state index < -0.39 is 0 Å². The number of carbonyl (C=O) groups is 1. The Hall–Kier alpha value is -2.79. The van der Waals surface area contributed by atoms with Crippen LogP contribution in [-0.2, 0) is 13.6 Å². The minimum absolute atomic E-state index is 0.00221. The fourth-order valence-electron chi connectivity index (χ4n) is 3.54. The van der Waals surface area contributed by atoms with Crippen LogP contribution in [0.15, 0.2) is 54.6 Å². The van der Waals surface area contributed by atoms with Gasteiger partial charge in [0.15, 0.2) is 0 Å². The average Bonchev–Trinajstić information content (AvgIpc) is 3.02. The molecule has 5 nitrogen and oxygen atoms in total. The normalized spacial score (nSPS) is 11.0. The van der Waals surface area contributed by atoms with Gasteiger partial charge in [-0.2, -0.15) is 5.10 Å². The van der Waals surface area contributed by atoms with Gasteiger partial charge in [0.1, 0.15) is 5.82 Å². The summed E-state index contributed by atoms with van der Waals surface area (Å²) in [5.74, 6) is 0.889. The van der Waals surface area contributed by atoms with E-state index in [9.17, 15) is 4.79 Å². The Morgan fingerprint density at radius 1 is 1.07 bits per heavy atom. The lowest BCUT2D eigenvalue weighted by Crippen LogP contribution is -2.37. The van der Waals surface area contributed by atoms with E-state index >= 15 is 0 Å².